The molecule has 1 aliphatic rings. The SMILES string of the molecule is COc1ccc(-c2ccc(F)c(COC(=O)N3[C@H](C)CNC[C@@H]3C)c2F)cc1O. The first-order chi connectivity index (χ1) is 13.8. The molecule has 1 amide bonds. The number of nitrogens with one attached hydrogen (secondary N) is 1. The number of amides is 1. The van der Waals surface area contributed by atoms with Crippen molar-refractivity contribution in [3.05, 3.63) is 47.5 Å². The lowest BCUT2D eigenvalue weighted by atomic mass is 10.0. The smallest absolute Gasteiger partial charge is 0.410 e. The number of piperazine rings is 1. The average molecular weight is 406 g/mol. The molecule has 3 rings (SSSR count). The lowest BCUT2D eigenvalue weighted by Gasteiger charge is -2.38. The van der Waals surface area contributed by atoms with Crippen LogP contribution in [0.15, 0.2) is 30.3 Å². The highest BCUT2D eigenvalue weighted by Gasteiger charge is 2.30. The van der Waals surface area contributed by atoms with Crippen LogP contribution in [0.1, 0.15) is 19.4 Å². The summed E-state index contributed by atoms with van der Waals surface area (Å²) in [6.45, 7) is 4.47. The predicted molar refractivity (Wildman–Crippen MR) is 104 cm³/mol. The number of aromatic hydroxyl groups is 1. The van der Waals surface area contributed by atoms with E-state index in [2.05, 4.69) is 5.32 Å². The van der Waals surface area contributed by atoms with Crippen LogP contribution in [0.2, 0.25) is 0 Å². The van der Waals surface area contributed by atoms with Gasteiger partial charge in [-0.25, -0.2) is 13.6 Å². The first-order valence-corrected chi connectivity index (χ1v) is 9.33. The second-order valence-corrected chi connectivity index (χ2v) is 7.09. The van der Waals surface area contributed by atoms with Gasteiger partial charge in [0.25, 0.3) is 0 Å². The molecular weight excluding hydrogens is 382 g/mol. The average Bonchev–Trinajstić information content (AvgIpc) is 2.67. The van der Waals surface area contributed by atoms with E-state index in [9.17, 15) is 14.3 Å². The number of halogens is 2. The fourth-order valence-corrected chi connectivity index (χ4v) is 3.51. The summed E-state index contributed by atoms with van der Waals surface area (Å²) < 4.78 is 39.5. The minimum Gasteiger partial charge on any atom is -0.504 e. The highest BCUT2D eigenvalue weighted by atomic mass is 19.1. The second kappa shape index (κ2) is 8.65. The molecule has 2 aromatic rings. The van der Waals surface area contributed by atoms with Crippen LogP contribution in [-0.2, 0) is 11.3 Å². The summed E-state index contributed by atoms with van der Waals surface area (Å²) in [5.74, 6) is -1.57. The van der Waals surface area contributed by atoms with E-state index < -0.39 is 24.3 Å². The largest absolute Gasteiger partial charge is 0.504 e. The van der Waals surface area contributed by atoms with Gasteiger partial charge in [0.1, 0.15) is 18.2 Å². The Morgan fingerprint density at radius 3 is 2.52 bits per heavy atom. The molecule has 0 saturated carbocycles. The fraction of sp³-hybridized carbons (Fsp3) is 0.381. The maximum absolute atomic E-state index is 15.0. The summed E-state index contributed by atoms with van der Waals surface area (Å²) in [5, 5.41) is 13.1. The van der Waals surface area contributed by atoms with Crippen LogP contribution in [0.5, 0.6) is 11.5 Å². The molecule has 2 N–H and O–H groups in total. The van der Waals surface area contributed by atoms with Crippen LogP contribution in [0, 0.1) is 11.6 Å². The Kier molecular flexibility index (Phi) is 6.22. The van der Waals surface area contributed by atoms with Crippen molar-refractivity contribution in [2.75, 3.05) is 20.2 Å². The number of hydrogen-bond donors (Lipinski definition) is 2. The second-order valence-electron chi connectivity index (χ2n) is 7.09. The zero-order valence-corrected chi connectivity index (χ0v) is 16.5. The zero-order chi connectivity index (χ0) is 21.1. The number of rotatable bonds is 4. The Bertz CT molecular complexity index is 896. The van der Waals surface area contributed by atoms with Crippen LogP contribution in [-0.4, -0.2) is 48.4 Å². The first kappa shape index (κ1) is 20.9. The summed E-state index contributed by atoms with van der Waals surface area (Å²) >= 11 is 0. The minimum atomic E-state index is -0.844. The molecule has 0 bridgehead atoms. The normalized spacial score (nSPS) is 19.1. The van der Waals surface area contributed by atoms with Crippen molar-refractivity contribution in [2.24, 2.45) is 0 Å². The third-order valence-electron chi connectivity index (χ3n) is 5.06. The van der Waals surface area contributed by atoms with Crippen molar-refractivity contribution >= 4 is 6.09 Å². The van der Waals surface area contributed by atoms with Gasteiger partial charge in [0.15, 0.2) is 11.5 Å². The molecule has 2 atom stereocenters. The van der Waals surface area contributed by atoms with Gasteiger partial charge in [0.05, 0.1) is 12.7 Å². The molecular formula is C21H24F2N2O4. The van der Waals surface area contributed by atoms with Crippen LogP contribution in [0.25, 0.3) is 11.1 Å². The number of methoxy groups -OCH3 is 1. The van der Waals surface area contributed by atoms with Gasteiger partial charge in [0.2, 0.25) is 0 Å². The van der Waals surface area contributed by atoms with Gasteiger partial charge >= 0.3 is 6.09 Å². The van der Waals surface area contributed by atoms with Crippen LogP contribution in [0.3, 0.4) is 0 Å². The number of carbonyl (C=O) groups excluding carboxylic acids is 1. The maximum atomic E-state index is 15.0. The van der Waals surface area contributed by atoms with Gasteiger partial charge in [0, 0.05) is 30.7 Å². The van der Waals surface area contributed by atoms with E-state index in [0.717, 1.165) is 6.07 Å². The lowest BCUT2D eigenvalue weighted by molar-refractivity contribution is 0.0552. The highest BCUT2D eigenvalue weighted by molar-refractivity contribution is 5.70. The quantitative estimate of drug-likeness (QED) is 0.811. The molecule has 1 aliphatic heterocycles. The molecule has 1 saturated heterocycles. The number of hydrogen-bond acceptors (Lipinski definition) is 5. The minimum absolute atomic E-state index is 0.0827. The fourth-order valence-electron chi connectivity index (χ4n) is 3.51. The topological polar surface area (TPSA) is 71.0 Å². The molecule has 0 spiro atoms. The van der Waals surface area contributed by atoms with Gasteiger partial charge in [-0.05, 0) is 43.7 Å². The van der Waals surface area contributed by atoms with Gasteiger partial charge in [-0.1, -0.05) is 6.07 Å². The van der Waals surface area contributed by atoms with Crippen LogP contribution in [0.4, 0.5) is 13.6 Å². The molecule has 0 aromatic heterocycles. The molecule has 6 nitrogen and oxygen atoms in total. The summed E-state index contributed by atoms with van der Waals surface area (Å²) in [7, 11) is 1.40. The summed E-state index contributed by atoms with van der Waals surface area (Å²) in [5.41, 5.74) is 0.0821. The first-order valence-electron chi connectivity index (χ1n) is 9.33. The lowest BCUT2D eigenvalue weighted by Crippen LogP contribution is -2.57. The number of phenolic OH excluding ortho intramolecular Hbond substituents is 1. The molecule has 0 unspecified atom stereocenters. The van der Waals surface area contributed by atoms with Crippen molar-refractivity contribution in [1.29, 1.82) is 0 Å². The molecule has 0 radical (unpaired) electrons. The molecule has 29 heavy (non-hydrogen) atoms. The number of ether oxygens (including phenoxy) is 2. The van der Waals surface area contributed by atoms with Gasteiger partial charge in [-0.15, -0.1) is 0 Å². The summed E-state index contributed by atoms with van der Waals surface area (Å²) in [4.78, 5) is 14.0. The van der Waals surface area contributed by atoms with Crippen molar-refractivity contribution < 1.29 is 28.2 Å². The Hall–Kier alpha value is -2.87. The van der Waals surface area contributed by atoms with E-state index in [4.69, 9.17) is 9.47 Å². The number of carbonyl (C=O) groups is 1. The Labute approximate surface area is 168 Å². The number of nitrogens with zero attached hydrogens (tertiary/aromatic N) is 1. The molecule has 156 valence electrons. The van der Waals surface area contributed by atoms with E-state index in [1.165, 1.54) is 25.3 Å². The van der Waals surface area contributed by atoms with Gasteiger partial charge < -0.3 is 24.8 Å². The van der Waals surface area contributed by atoms with Crippen LogP contribution >= 0.6 is 0 Å². The van der Waals surface area contributed by atoms with E-state index in [1.54, 1.807) is 11.0 Å². The van der Waals surface area contributed by atoms with Gasteiger partial charge in [-0.3, -0.25) is 0 Å². The molecule has 1 fully saturated rings. The maximum Gasteiger partial charge on any atom is 0.410 e. The van der Waals surface area contributed by atoms with Crippen molar-refractivity contribution in [1.82, 2.24) is 10.2 Å². The molecule has 2 aromatic carbocycles. The van der Waals surface area contributed by atoms with Gasteiger partial charge in [-0.2, -0.15) is 0 Å². The number of phenols is 1. The Morgan fingerprint density at radius 2 is 1.90 bits per heavy atom. The van der Waals surface area contributed by atoms with E-state index >= 15 is 4.39 Å². The monoisotopic (exact) mass is 406 g/mol. The van der Waals surface area contributed by atoms with Crippen molar-refractivity contribution in [3.8, 4) is 22.6 Å². The zero-order valence-electron chi connectivity index (χ0n) is 16.5. The molecule has 1 heterocycles. The number of benzene rings is 2. The molecule has 0 aliphatic carbocycles. The van der Waals surface area contributed by atoms with E-state index in [-0.39, 0.29) is 34.7 Å². The third kappa shape index (κ3) is 4.27. The van der Waals surface area contributed by atoms with Crippen molar-refractivity contribution in [2.45, 2.75) is 32.5 Å². The van der Waals surface area contributed by atoms with E-state index in [1.807, 2.05) is 13.8 Å². The molecule has 8 heteroatoms. The van der Waals surface area contributed by atoms with Crippen molar-refractivity contribution in [3.63, 3.8) is 0 Å². The third-order valence-corrected chi connectivity index (χ3v) is 5.06. The highest BCUT2D eigenvalue weighted by Crippen LogP contribution is 2.34. The Morgan fingerprint density at radius 1 is 1.21 bits per heavy atom. The van der Waals surface area contributed by atoms with E-state index in [0.29, 0.717) is 18.7 Å². The summed E-state index contributed by atoms with van der Waals surface area (Å²) in [6, 6.07) is 6.57. The Balaban J connectivity index is 1.82. The predicted octanol–water partition coefficient (Wildman–Crippen LogP) is 3.66. The standard InChI is InChI=1S/C21H24F2N2O4/c1-12-9-24-10-13(2)25(12)21(27)29-11-16-17(22)6-5-15(20(16)23)14-4-7-19(28-3)18(26)8-14/h4-8,12-13,24,26H,9-11H2,1-3H3/t12-,13+. The van der Waals surface area contributed by atoms with Crippen LogP contribution < -0.4 is 10.1 Å². The summed E-state index contributed by atoms with van der Waals surface area (Å²) in [6.07, 6.45) is -0.613.